The number of allylic oxidation sites excluding steroid dienone is 1. The average molecular weight is 353 g/mol. The first kappa shape index (κ1) is 17.1. The van der Waals surface area contributed by atoms with Crippen LogP contribution in [0.3, 0.4) is 0 Å². The second kappa shape index (κ2) is 7.10. The molecular weight excluding hydrogens is 329 g/mol. The summed E-state index contributed by atoms with van der Waals surface area (Å²) in [5, 5.41) is 9.54. The van der Waals surface area contributed by atoms with Gasteiger partial charge in [0.25, 0.3) is 0 Å². The van der Waals surface area contributed by atoms with Gasteiger partial charge in [-0.05, 0) is 61.3 Å². The van der Waals surface area contributed by atoms with E-state index >= 15 is 0 Å². The van der Waals surface area contributed by atoms with E-state index in [0.717, 1.165) is 35.2 Å². The summed E-state index contributed by atoms with van der Waals surface area (Å²) in [7, 11) is 1.65. The summed E-state index contributed by atoms with van der Waals surface area (Å²) in [4.78, 5) is 4.75. The Kier molecular flexibility index (Phi) is 4.66. The van der Waals surface area contributed by atoms with E-state index in [1.165, 1.54) is 37.8 Å². The Morgan fingerprint density at radius 3 is 2.58 bits per heavy atom. The molecular formula is C22H24FNO2. The number of nitrogens with zero attached hydrogens (tertiary/aromatic N) is 1. The van der Waals surface area contributed by atoms with Crippen LogP contribution >= 0.6 is 0 Å². The van der Waals surface area contributed by atoms with E-state index < -0.39 is 5.82 Å². The van der Waals surface area contributed by atoms with Crippen LogP contribution in [0.2, 0.25) is 0 Å². The van der Waals surface area contributed by atoms with Crippen LogP contribution in [0.5, 0.6) is 11.6 Å². The molecule has 0 amide bonds. The van der Waals surface area contributed by atoms with Gasteiger partial charge in [-0.3, -0.25) is 0 Å². The quantitative estimate of drug-likeness (QED) is 0.779. The summed E-state index contributed by atoms with van der Waals surface area (Å²) in [6, 6.07) is 8.66. The maximum Gasteiger partial charge on any atom is 0.217 e. The molecule has 1 aromatic heterocycles. The molecule has 2 aliphatic rings. The van der Waals surface area contributed by atoms with Crippen LogP contribution in [0.25, 0.3) is 5.57 Å². The van der Waals surface area contributed by atoms with E-state index in [1.807, 2.05) is 6.07 Å². The lowest BCUT2D eigenvalue weighted by Crippen LogP contribution is -2.01. The molecule has 1 heterocycles. The van der Waals surface area contributed by atoms with Crippen LogP contribution in [0.1, 0.15) is 61.3 Å². The maximum absolute atomic E-state index is 14.0. The molecule has 0 bridgehead atoms. The van der Waals surface area contributed by atoms with E-state index in [0.29, 0.717) is 17.7 Å². The number of rotatable bonds is 5. The minimum Gasteiger partial charge on any atom is -0.505 e. The molecule has 0 unspecified atom stereocenters. The van der Waals surface area contributed by atoms with Crippen LogP contribution in [0.15, 0.2) is 36.4 Å². The number of methoxy groups -OCH3 is 1. The maximum atomic E-state index is 14.0. The highest BCUT2D eigenvalue weighted by Crippen LogP contribution is 2.44. The Bertz CT molecular complexity index is 836. The Morgan fingerprint density at radius 2 is 1.92 bits per heavy atom. The van der Waals surface area contributed by atoms with Crippen molar-refractivity contribution >= 4 is 5.57 Å². The first-order valence-electron chi connectivity index (χ1n) is 9.41. The largest absolute Gasteiger partial charge is 0.505 e. The molecule has 4 heteroatoms. The summed E-state index contributed by atoms with van der Waals surface area (Å²) in [6.45, 7) is 0. The Morgan fingerprint density at radius 1 is 1.15 bits per heavy atom. The van der Waals surface area contributed by atoms with Gasteiger partial charge in [-0.15, -0.1) is 0 Å². The molecule has 2 fully saturated rings. The summed E-state index contributed by atoms with van der Waals surface area (Å²) in [5.74, 6) is 0.768. The summed E-state index contributed by atoms with van der Waals surface area (Å²) >= 11 is 0. The third-order valence-electron chi connectivity index (χ3n) is 5.44. The van der Waals surface area contributed by atoms with Gasteiger partial charge in [-0.25, -0.2) is 9.37 Å². The fourth-order valence-electron chi connectivity index (χ4n) is 3.83. The molecule has 1 aromatic carbocycles. The molecule has 4 rings (SSSR count). The summed E-state index contributed by atoms with van der Waals surface area (Å²) in [5.41, 5.74) is 3.61. The van der Waals surface area contributed by atoms with Crippen molar-refractivity contribution in [2.24, 2.45) is 5.92 Å². The van der Waals surface area contributed by atoms with Crippen molar-refractivity contribution in [3.8, 4) is 11.6 Å². The van der Waals surface area contributed by atoms with Crippen LogP contribution < -0.4 is 4.74 Å². The number of aromatic nitrogens is 1. The first-order valence-corrected chi connectivity index (χ1v) is 9.41. The second-order valence-electron chi connectivity index (χ2n) is 7.36. The number of hydrogen-bond donors (Lipinski definition) is 1. The standard InChI is InChI=1S/C22H24FNO2/c1-26-22-17(15-6-7-15)9-10-20(24-22)18(12-14-4-2-3-5-14)16-8-11-21(25)19(23)13-16/h8-15,25H,2-7H2,1H3/b18-12+. The van der Waals surface area contributed by atoms with Crippen LogP contribution in [-0.4, -0.2) is 17.2 Å². The van der Waals surface area contributed by atoms with Crippen LogP contribution in [-0.2, 0) is 0 Å². The fraction of sp³-hybridized carbons (Fsp3) is 0.409. The van der Waals surface area contributed by atoms with Crippen molar-refractivity contribution in [2.75, 3.05) is 7.11 Å². The second-order valence-corrected chi connectivity index (χ2v) is 7.36. The molecule has 0 spiro atoms. The first-order chi connectivity index (χ1) is 12.7. The van der Waals surface area contributed by atoms with E-state index in [1.54, 1.807) is 13.2 Å². The minimum atomic E-state index is -0.610. The lowest BCUT2D eigenvalue weighted by atomic mass is 9.95. The van der Waals surface area contributed by atoms with Gasteiger partial charge in [0.05, 0.1) is 12.8 Å². The Labute approximate surface area is 153 Å². The summed E-state index contributed by atoms with van der Waals surface area (Å²) < 4.78 is 19.5. The van der Waals surface area contributed by atoms with E-state index in [2.05, 4.69) is 12.1 Å². The lowest BCUT2D eigenvalue weighted by molar-refractivity contribution is 0.392. The number of aromatic hydroxyl groups is 1. The number of phenolic OH excluding ortho intramolecular Hbond substituents is 1. The van der Waals surface area contributed by atoms with Gasteiger partial charge in [0.15, 0.2) is 11.6 Å². The SMILES string of the molecule is COc1nc(/C(=C/C2CCCC2)c2ccc(O)c(F)c2)ccc1C1CC1. The third kappa shape index (κ3) is 3.46. The van der Waals surface area contributed by atoms with Gasteiger partial charge < -0.3 is 9.84 Å². The Hall–Kier alpha value is -2.36. The molecule has 2 saturated carbocycles. The zero-order valence-electron chi connectivity index (χ0n) is 15.0. The summed E-state index contributed by atoms with van der Waals surface area (Å²) in [6.07, 6.45) is 9.36. The van der Waals surface area contributed by atoms with Gasteiger partial charge in [0, 0.05) is 11.1 Å². The van der Waals surface area contributed by atoms with Gasteiger partial charge >= 0.3 is 0 Å². The van der Waals surface area contributed by atoms with Crippen molar-refractivity contribution in [1.82, 2.24) is 4.98 Å². The number of benzene rings is 1. The monoisotopic (exact) mass is 353 g/mol. The normalized spacial score (nSPS) is 18.3. The van der Waals surface area contributed by atoms with Crippen molar-refractivity contribution in [3.05, 3.63) is 59.0 Å². The fourth-order valence-corrected chi connectivity index (χ4v) is 3.83. The number of hydrogen-bond acceptors (Lipinski definition) is 3. The van der Waals surface area contributed by atoms with Crippen molar-refractivity contribution < 1.29 is 14.2 Å². The van der Waals surface area contributed by atoms with Gasteiger partial charge in [0.2, 0.25) is 5.88 Å². The lowest BCUT2D eigenvalue weighted by Gasteiger charge is -2.14. The molecule has 26 heavy (non-hydrogen) atoms. The zero-order valence-corrected chi connectivity index (χ0v) is 15.0. The molecule has 0 atom stereocenters. The predicted molar refractivity (Wildman–Crippen MR) is 99.9 cm³/mol. The molecule has 0 aliphatic heterocycles. The van der Waals surface area contributed by atoms with Gasteiger partial charge in [-0.2, -0.15) is 0 Å². The number of pyridine rings is 1. The van der Waals surface area contributed by atoms with E-state index in [9.17, 15) is 9.50 Å². The molecule has 0 radical (unpaired) electrons. The van der Waals surface area contributed by atoms with Crippen LogP contribution in [0, 0.1) is 11.7 Å². The highest BCUT2D eigenvalue weighted by Gasteiger charge is 2.28. The molecule has 136 valence electrons. The minimum absolute atomic E-state index is 0.330. The zero-order chi connectivity index (χ0) is 18.1. The predicted octanol–water partition coefficient (Wildman–Crippen LogP) is 5.43. The molecule has 1 N–H and O–H groups in total. The molecule has 2 aromatic rings. The van der Waals surface area contributed by atoms with Gasteiger partial charge in [-0.1, -0.05) is 31.1 Å². The molecule has 2 aliphatic carbocycles. The van der Waals surface area contributed by atoms with E-state index in [-0.39, 0.29) is 5.75 Å². The van der Waals surface area contributed by atoms with E-state index in [4.69, 9.17) is 9.72 Å². The Balaban J connectivity index is 1.78. The highest BCUT2D eigenvalue weighted by atomic mass is 19.1. The number of halogens is 1. The molecule has 3 nitrogen and oxygen atoms in total. The van der Waals surface area contributed by atoms with Gasteiger partial charge in [0.1, 0.15) is 0 Å². The highest BCUT2D eigenvalue weighted by molar-refractivity contribution is 5.78. The van der Waals surface area contributed by atoms with Crippen molar-refractivity contribution in [3.63, 3.8) is 0 Å². The smallest absolute Gasteiger partial charge is 0.217 e. The number of phenols is 1. The topological polar surface area (TPSA) is 42.4 Å². The number of ether oxygens (including phenoxy) is 1. The average Bonchev–Trinajstić information content (AvgIpc) is 3.37. The van der Waals surface area contributed by atoms with Crippen molar-refractivity contribution in [1.29, 1.82) is 0 Å². The third-order valence-corrected chi connectivity index (χ3v) is 5.44. The van der Waals surface area contributed by atoms with Crippen LogP contribution in [0.4, 0.5) is 4.39 Å². The molecule has 0 saturated heterocycles. The van der Waals surface area contributed by atoms with Crippen molar-refractivity contribution in [2.45, 2.75) is 44.4 Å².